The number of hydrogen-bond acceptors (Lipinski definition) is 6. The molecule has 2 aromatic carbocycles. The Bertz CT molecular complexity index is 1540. The molecule has 2 aromatic heterocycles. The Balaban J connectivity index is 1.67. The van der Waals surface area contributed by atoms with Crippen LogP contribution >= 0.6 is 11.3 Å². The zero-order valence-corrected chi connectivity index (χ0v) is 23.7. The first-order valence-corrected chi connectivity index (χ1v) is 14.5. The van der Waals surface area contributed by atoms with E-state index >= 15 is 0 Å². The smallest absolute Gasteiger partial charge is 0.290 e. The fourth-order valence-electron chi connectivity index (χ4n) is 5.34. The van der Waals surface area contributed by atoms with Crippen LogP contribution in [0.25, 0.3) is 17.2 Å². The Morgan fingerprint density at radius 3 is 2.36 bits per heavy atom. The van der Waals surface area contributed by atoms with E-state index in [9.17, 15) is 14.7 Å². The van der Waals surface area contributed by atoms with E-state index in [4.69, 9.17) is 4.98 Å². The number of aryl methyl sites for hydroxylation is 2. The molecule has 0 radical (unpaired) electrons. The first-order valence-electron chi connectivity index (χ1n) is 13.6. The summed E-state index contributed by atoms with van der Waals surface area (Å²) in [5.74, 6) is -0.231. The van der Waals surface area contributed by atoms with E-state index in [1.807, 2.05) is 55.6 Å². The molecule has 202 valence electrons. The van der Waals surface area contributed by atoms with Gasteiger partial charge in [0.25, 0.3) is 11.5 Å². The molecular formula is C31H34N4O3S. The molecule has 4 aromatic rings. The maximum atomic E-state index is 13.8. The minimum absolute atomic E-state index is 0.184. The van der Waals surface area contributed by atoms with Gasteiger partial charge in [0.15, 0.2) is 11.4 Å². The van der Waals surface area contributed by atoms with Crippen molar-refractivity contribution in [3.8, 4) is 23.1 Å². The Morgan fingerprint density at radius 1 is 1.05 bits per heavy atom. The molecule has 1 amide bonds. The second-order valence-electron chi connectivity index (χ2n) is 10.3. The topological polar surface area (TPSA) is 88.3 Å². The standard InChI is InChI=1S/C31H34N4O3S/c1-5-20-13-10-14-21(6-2)26(20)35-27(24-18-39-29(32-24)19(3)4)33-28(36)25(31(35)38)30(37)34-16-15-23(17-34)22-11-8-7-9-12-22/h7-14,18-19,23,38H,5-6,15-17H2,1-4H3/t23-/m1/s1. The van der Waals surface area contributed by atoms with Crippen LogP contribution in [0.2, 0.25) is 0 Å². The first-order chi connectivity index (χ1) is 18.8. The summed E-state index contributed by atoms with van der Waals surface area (Å²) in [6.07, 6.45) is 2.21. The number of aromatic nitrogens is 3. The van der Waals surface area contributed by atoms with Crippen LogP contribution in [0, 0.1) is 0 Å². The molecule has 0 bridgehead atoms. The van der Waals surface area contributed by atoms with Crippen molar-refractivity contribution in [2.45, 2.75) is 58.8 Å². The third kappa shape index (κ3) is 5.01. The summed E-state index contributed by atoms with van der Waals surface area (Å²) < 4.78 is 1.58. The first kappa shape index (κ1) is 26.8. The van der Waals surface area contributed by atoms with Gasteiger partial charge in [0, 0.05) is 30.3 Å². The number of thiazole rings is 1. The quantitative estimate of drug-likeness (QED) is 0.312. The second-order valence-corrected chi connectivity index (χ2v) is 11.2. The lowest BCUT2D eigenvalue weighted by atomic mass is 9.99. The highest BCUT2D eigenvalue weighted by atomic mass is 32.1. The molecule has 1 N–H and O–H groups in total. The number of rotatable bonds is 7. The third-order valence-corrected chi connectivity index (χ3v) is 8.61. The fraction of sp³-hybridized carbons (Fsp3) is 0.355. The van der Waals surface area contributed by atoms with Gasteiger partial charge in [0.1, 0.15) is 5.69 Å². The van der Waals surface area contributed by atoms with E-state index in [-0.39, 0.29) is 29.1 Å². The van der Waals surface area contributed by atoms with Crippen molar-refractivity contribution < 1.29 is 9.90 Å². The van der Waals surface area contributed by atoms with Crippen LogP contribution in [-0.2, 0) is 12.8 Å². The van der Waals surface area contributed by atoms with Crippen LogP contribution < -0.4 is 5.56 Å². The predicted molar refractivity (Wildman–Crippen MR) is 155 cm³/mol. The Labute approximate surface area is 232 Å². The van der Waals surface area contributed by atoms with Gasteiger partial charge in [-0.15, -0.1) is 11.3 Å². The van der Waals surface area contributed by atoms with E-state index in [0.29, 0.717) is 31.6 Å². The molecule has 1 aliphatic heterocycles. The molecular weight excluding hydrogens is 508 g/mol. The normalized spacial score (nSPS) is 15.3. The van der Waals surface area contributed by atoms with Crippen molar-refractivity contribution in [2.75, 3.05) is 13.1 Å². The molecule has 1 saturated heterocycles. The average Bonchev–Trinajstić information content (AvgIpc) is 3.64. The van der Waals surface area contributed by atoms with Gasteiger partial charge in [0.2, 0.25) is 5.88 Å². The highest BCUT2D eigenvalue weighted by Gasteiger charge is 2.33. The Hall–Kier alpha value is -3.78. The summed E-state index contributed by atoms with van der Waals surface area (Å²) in [4.78, 5) is 38.1. The van der Waals surface area contributed by atoms with Gasteiger partial charge in [-0.3, -0.25) is 14.2 Å². The van der Waals surface area contributed by atoms with Crippen LogP contribution in [0.1, 0.15) is 78.0 Å². The predicted octanol–water partition coefficient (Wildman–Crippen LogP) is 5.94. The van der Waals surface area contributed by atoms with Crippen molar-refractivity contribution in [3.05, 3.63) is 91.5 Å². The second kappa shape index (κ2) is 11.1. The fourth-order valence-corrected chi connectivity index (χ4v) is 6.15. The molecule has 7 nitrogen and oxygen atoms in total. The zero-order chi connectivity index (χ0) is 27.7. The summed E-state index contributed by atoms with van der Waals surface area (Å²) in [5.41, 5.74) is 3.36. The summed E-state index contributed by atoms with van der Waals surface area (Å²) in [6.45, 7) is 9.20. The maximum absolute atomic E-state index is 13.8. The van der Waals surface area contributed by atoms with Gasteiger partial charge in [-0.25, -0.2) is 4.98 Å². The molecule has 8 heteroatoms. The Morgan fingerprint density at radius 2 is 1.74 bits per heavy atom. The van der Waals surface area contributed by atoms with Crippen LogP contribution in [0.4, 0.5) is 0 Å². The minimum Gasteiger partial charge on any atom is -0.493 e. The lowest BCUT2D eigenvalue weighted by Crippen LogP contribution is -2.34. The summed E-state index contributed by atoms with van der Waals surface area (Å²) in [6, 6.07) is 16.1. The van der Waals surface area contributed by atoms with Gasteiger partial charge in [-0.05, 0) is 36.0 Å². The van der Waals surface area contributed by atoms with Crippen LogP contribution in [0.5, 0.6) is 5.88 Å². The number of likely N-dealkylation sites (tertiary alicyclic amines) is 1. The summed E-state index contributed by atoms with van der Waals surface area (Å²) >= 11 is 1.49. The molecule has 0 unspecified atom stereocenters. The molecule has 3 heterocycles. The number of hydrogen-bond donors (Lipinski definition) is 1. The molecule has 1 atom stereocenters. The van der Waals surface area contributed by atoms with E-state index in [0.717, 1.165) is 33.8 Å². The average molecular weight is 543 g/mol. The van der Waals surface area contributed by atoms with E-state index in [1.165, 1.54) is 11.3 Å². The monoisotopic (exact) mass is 542 g/mol. The number of carbonyl (C=O) groups excluding carboxylic acids is 1. The molecule has 0 saturated carbocycles. The summed E-state index contributed by atoms with van der Waals surface area (Å²) in [5, 5.41) is 14.6. The van der Waals surface area contributed by atoms with Gasteiger partial charge in [0.05, 0.1) is 10.7 Å². The SMILES string of the molecule is CCc1cccc(CC)c1-n1c(-c2csc(C(C)C)n2)nc(=O)c(C(=O)N2CC[C@@H](c3ccccc3)C2)c1O. The molecule has 1 aliphatic rings. The lowest BCUT2D eigenvalue weighted by molar-refractivity contribution is 0.0784. The highest BCUT2D eigenvalue weighted by Crippen LogP contribution is 2.35. The van der Waals surface area contributed by atoms with Crippen molar-refractivity contribution in [1.29, 1.82) is 0 Å². The van der Waals surface area contributed by atoms with Gasteiger partial charge < -0.3 is 10.0 Å². The maximum Gasteiger partial charge on any atom is 0.290 e. The Kier molecular flexibility index (Phi) is 7.66. The van der Waals surface area contributed by atoms with E-state index in [1.54, 1.807) is 9.47 Å². The van der Waals surface area contributed by atoms with Gasteiger partial charge >= 0.3 is 0 Å². The van der Waals surface area contributed by atoms with Gasteiger partial charge in [-0.1, -0.05) is 76.2 Å². The number of amides is 1. The van der Waals surface area contributed by atoms with Crippen molar-refractivity contribution in [2.24, 2.45) is 0 Å². The molecule has 0 aliphatic carbocycles. The van der Waals surface area contributed by atoms with Crippen molar-refractivity contribution in [1.82, 2.24) is 19.4 Å². The number of benzene rings is 2. The molecule has 39 heavy (non-hydrogen) atoms. The van der Waals surface area contributed by atoms with Crippen LogP contribution in [0.15, 0.2) is 58.7 Å². The number of aromatic hydroxyl groups is 1. The van der Waals surface area contributed by atoms with Crippen LogP contribution in [-0.4, -0.2) is 43.5 Å². The lowest BCUT2D eigenvalue weighted by Gasteiger charge is -2.23. The molecule has 5 rings (SSSR count). The van der Waals surface area contributed by atoms with E-state index < -0.39 is 11.5 Å². The largest absolute Gasteiger partial charge is 0.493 e. The van der Waals surface area contributed by atoms with Gasteiger partial charge in [-0.2, -0.15) is 4.98 Å². The molecule has 0 spiro atoms. The van der Waals surface area contributed by atoms with Crippen molar-refractivity contribution >= 4 is 17.2 Å². The number of carbonyl (C=O) groups is 1. The van der Waals surface area contributed by atoms with E-state index in [2.05, 4.69) is 31.0 Å². The number of para-hydroxylation sites is 1. The van der Waals surface area contributed by atoms with Crippen LogP contribution in [0.3, 0.4) is 0 Å². The van der Waals surface area contributed by atoms with Crippen molar-refractivity contribution in [3.63, 3.8) is 0 Å². The molecule has 1 fully saturated rings. The number of nitrogens with zero attached hydrogens (tertiary/aromatic N) is 4. The third-order valence-electron chi connectivity index (χ3n) is 7.46. The summed E-state index contributed by atoms with van der Waals surface area (Å²) in [7, 11) is 0. The minimum atomic E-state index is -0.738. The highest BCUT2D eigenvalue weighted by molar-refractivity contribution is 7.10. The zero-order valence-electron chi connectivity index (χ0n) is 22.8.